The summed E-state index contributed by atoms with van der Waals surface area (Å²) in [7, 11) is 0. The van der Waals surface area contributed by atoms with Crippen LogP contribution in [0.1, 0.15) is 43.3 Å². The minimum absolute atomic E-state index is 0.0294. The number of rotatable bonds is 6. The molecular weight excluding hydrogens is 272 g/mol. The minimum Gasteiger partial charge on any atom is -0.347 e. The fraction of sp³-hybridized carbons (Fsp3) is 0.500. The number of aryl methyl sites for hydroxylation is 2. The lowest BCUT2D eigenvalue weighted by Crippen LogP contribution is -2.30. The molecule has 1 atom stereocenters. The Bertz CT molecular complexity index is 562. The van der Waals surface area contributed by atoms with Gasteiger partial charge in [0.2, 0.25) is 5.91 Å². The van der Waals surface area contributed by atoms with Crippen LogP contribution in [0.4, 0.5) is 0 Å². The van der Waals surface area contributed by atoms with E-state index in [1.165, 1.54) is 0 Å². The van der Waals surface area contributed by atoms with Crippen molar-refractivity contribution in [2.75, 3.05) is 0 Å². The molecule has 1 N–H and O–H groups in total. The molecule has 0 aliphatic heterocycles. The summed E-state index contributed by atoms with van der Waals surface area (Å²) < 4.78 is 1.70. The molecule has 5 nitrogen and oxygen atoms in total. The molecule has 0 bridgehead atoms. The highest BCUT2D eigenvalue weighted by Gasteiger charge is 2.14. The van der Waals surface area contributed by atoms with E-state index in [2.05, 4.69) is 15.4 Å². The van der Waals surface area contributed by atoms with Crippen LogP contribution >= 0.6 is 11.3 Å². The van der Waals surface area contributed by atoms with E-state index in [-0.39, 0.29) is 18.5 Å². The maximum atomic E-state index is 12.1. The van der Waals surface area contributed by atoms with Crippen LogP contribution in [0.15, 0.2) is 17.5 Å². The molecule has 0 saturated carbocycles. The Labute approximate surface area is 123 Å². The maximum Gasteiger partial charge on any atom is 0.242 e. The third-order valence-electron chi connectivity index (χ3n) is 3.07. The molecule has 2 heterocycles. The summed E-state index contributed by atoms with van der Waals surface area (Å²) >= 11 is 1.65. The quantitative estimate of drug-likeness (QED) is 0.889. The van der Waals surface area contributed by atoms with Crippen molar-refractivity contribution < 1.29 is 4.79 Å². The predicted octanol–water partition coefficient (Wildman–Crippen LogP) is 2.34. The Hall–Kier alpha value is -1.69. The van der Waals surface area contributed by atoms with Crippen LogP contribution in [-0.2, 0) is 24.2 Å². The van der Waals surface area contributed by atoms with Gasteiger partial charge in [0.25, 0.3) is 0 Å². The molecule has 2 aromatic heterocycles. The first-order valence-corrected chi connectivity index (χ1v) is 7.77. The Balaban J connectivity index is 1.99. The normalized spacial score (nSPS) is 12.3. The van der Waals surface area contributed by atoms with Crippen LogP contribution < -0.4 is 5.32 Å². The second-order valence-corrected chi connectivity index (χ2v) is 5.59. The maximum absolute atomic E-state index is 12.1. The number of carbonyl (C=O) groups is 1. The molecule has 108 valence electrons. The van der Waals surface area contributed by atoms with Crippen molar-refractivity contribution in [1.29, 1.82) is 0 Å². The number of carbonyl (C=O) groups excluding carboxylic acids is 1. The summed E-state index contributed by atoms with van der Waals surface area (Å²) in [6.07, 6.45) is 1.56. The lowest BCUT2D eigenvalue weighted by Gasteiger charge is -2.12. The van der Waals surface area contributed by atoms with Gasteiger partial charge in [0.15, 0.2) is 5.82 Å². The van der Waals surface area contributed by atoms with E-state index in [4.69, 9.17) is 0 Å². The van der Waals surface area contributed by atoms with E-state index in [0.717, 1.165) is 29.4 Å². The molecule has 2 rings (SSSR count). The van der Waals surface area contributed by atoms with Gasteiger partial charge in [-0.05, 0) is 18.4 Å². The third kappa shape index (κ3) is 3.45. The average molecular weight is 292 g/mol. The third-order valence-corrected chi connectivity index (χ3v) is 4.12. The minimum atomic E-state index is -0.0341. The SMILES string of the molecule is CCc1nc(CC)n(CC(=O)N[C@@H](C)c2cccs2)n1. The van der Waals surface area contributed by atoms with Crippen molar-refractivity contribution in [3.63, 3.8) is 0 Å². The Kier molecular flexibility index (Phi) is 4.89. The lowest BCUT2D eigenvalue weighted by molar-refractivity contribution is -0.122. The van der Waals surface area contributed by atoms with E-state index in [1.807, 2.05) is 38.3 Å². The number of thiophene rings is 1. The number of hydrogen-bond donors (Lipinski definition) is 1. The molecule has 0 spiro atoms. The monoisotopic (exact) mass is 292 g/mol. The fourth-order valence-corrected chi connectivity index (χ4v) is 2.73. The van der Waals surface area contributed by atoms with Gasteiger partial charge in [-0.25, -0.2) is 9.67 Å². The summed E-state index contributed by atoms with van der Waals surface area (Å²) in [6, 6.07) is 4.04. The van der Waals surface area contributed by atoms with E-state index >= 15 is 0 Å². The molecule has 0 aliphatic carbocycles. The van der Waals surface area contributed by atoms with Crippen molar-refractivity contribution in [3.05, 3.63) is 34.0 Å². The molecule has 1 amide bonds. The summed E-state index contributed by atoms with van der Waals surface area (Å²) in [5.74, 6) is 1.62. The molecule has 0 saturated heterocycles. The van der Waals surface area contributed by atoms with Crippen LogP contribution in [0, 0.1) is 0 Å². The van der Waals surface area contributed by atoms with Gasteiger partial charge in [0, 0.05) is 17.7 Å². The fourth-order valence-electron chi connectivity index (χ4n) is 2.00. The molecule has 0 unspecified atom stereocenters. The predicted molar refractivity (Wildman–Crippen MR) is 79.7 cm³/mol. The smallest absolute Gasteiger partial charge is 0.242 e. The van der Waals surface area contributed by atoms with Crippen molar-refractivity contribution in [3.8, 4) is 0 Å². The van der Waals surface area contributed by atoms with E-state index in [0.29, 0.717) is 0 Å². The van der Waals surface area contributed by atoms with Crippen molar-refractivity contribution in [2.24, 2.45) is 0 Å². The Morgan fingerprint density at radius 3 is 2.85 bits per heavy atom. The molecule has 0 aromatic carbocycles. The van der Waals surface area contributed by atoms with Gasteiger partial charge in [0.1, 0.15) is 12.4 Å². The van der Waals surface area contributed by atoms with Gasteiger partial charge >= 0.3 is 0 Å². The van der Waals surface area contributed by atoms with E-state index in [1.54, 1.807) is 16.0 Å². The molecule has 6 heteroatoms. The van der Waals surface area contributed by atoms with Crippen LogP contribution in [-0.4, -0.2) is 20.7 Å². The number of amides is 1. The summed E-state index contributed by atoms with van der Waals surface area (Å²) in [5.41, 5.74) is 0. The van der Waals surface area contributed by atoms with Crippen molar-refractivity contribution >= 4 is 17.2 Å². The summed E-state index contributed by atoms with van der Waals surface area (Å²) in [6.45, 7) is 6.25. The first kappa shape index (κ1) is 14.7. The lowest BCUT2D eigenvalue weighted by atomic mass is 10.3. The highest BCUT2D eigenvalue weighted by atomic mass is 32.1. The number of nitrogens with zero attached hydrogens (tertiary/aromatic N) is 3. The average Bonchev–Trinajstić information content (AvgIpc) is 3.07. The topological polar surface area (TPSA) is 59.8 Å². The largest absolute Gasteiger partial charge is 0.347 e. The first-order chi connectivity index (χ1) is 9.63. The molecule has 0 radical (unpaired) electrons. The zero-order valence-electron chi connectivity index (χ0n) is 12.1. The number of aromatic nitrogens is 3. The Morgan fingerprint density at radius 2 is 2.25 bits per heavy atom. The zero-order chi connectivity index (χ0) is 14.5. The van der Waals surface area contributed by atoms with E-state index in [9.17, 15) is 4.79 Å². The molecule has 2 aromatic rings. The van der Waals surface area contributed by atoms with Gasteiger partial charge < -0.3 is 5.32 Å². The van der Waals surface area contributed by atoms with Crippen LogP contribution in [0.2, 0.25) is 0 Å². The van der Waals surface area contributed by atoms with Gasteiger partial charge in [-0.2, -0.15) is 5.10 Å². The summed E-state index contributed by atoms with van der Waals surface area (Å²) in [5, 5.41) is 9.36. The van der Waals surface area contributed by atoms with Crippen molar-refractivity contribution in [1.82, 2.24) is 20.1 Å². The van der Waals surface area contributed by atoms with Gasteiger partial charge in [0.05, 0.1) is 6.04 Å². The van der Waals surface area contributed by atoms with Crippen LogP contribution in [0.5, 0.6) is 0 Å². The van der Waals surface area contributed by atoms with Crippen molar-refractivity contribution in [2.45, 2.75) is 46.2 Å². The number of nitrogens with one attached hydrogen (secondary N) is 1. The van der Waals surface area contributed by atoms with Crippen LogP contribution in [0.3, 0.4) is 0 Å². The molecule has 0 aliphatic rings. The summed E-state index contributed by atoms with van der Waals surface area (Å²) in [4.78, 5) is 17.6. The zero-order valence-corrected chi connectivity index (χ0v) is 12.9. The van der Waals surface area contributed by atoms with E-state index < -0.39 is 0 Å². The Morgan fingerprint density at radius 1 is 1.45 bits per heavy atom. The highest BCUT2D eigenvalue weighted by molar-refractivity contribution is 7.10. The first-order valence-electron chi connectivity index (χ1n) is 6.89. The standard InChI is InChI=1S/C14H20N4OS/c1-4-12-16-13(5-2)18(17-12)9-14(19)15-10(3)11-7-6-8-20-11/h6-8,10H,4-5,9H2,1-3H3,(H,15,19)/t10-/m0/s1. The molecule has 0 fully saturated rings. The molecular formula is C14H20N4OS. The second kappa shape index (κ2) is 6.65. The highest BCUT2D eigenvalue weighted by Crippen LogP contribution is 2.17. The van der Waals surface area contributed by atoms with Crippen LogP contribution in [0.25, 0.3) is 0 Å². The number of hydrogen-bond acceptors (Lipinski definition) is 4. The van der Waals surface area contributed by atoms with Gasteiger partial charge in [-0.1, -0.05) is 19.9 Å². The van der Waals surface area contributed by atoms with Gasteiger partial charge in [-0.3, -0.25) is 4.79 Å². The molecule has 20 heavy (non-hydrogen) atoms. The van der Waals surface area contributed by atoms with Gasteiger partial charge in [-0.15, -0.1) is 11.3 Å². The second-order valence-electron chi connectivity index (χ2n) is 4.61.